The summed E-state index contributed by atoms with van der Waals surface area (Å²) in [5.74, 6) is -3.23. The molecule has 3 rings (SSSR count). The topological polar surface area (TPSA) is 105 Å². The fourth-order valence-corrected chi connectivity index (χ4v) is 5.88. The molecule has 0 spiro atoms. The van der Waals surface area contributed by atoms with Crippen LogP contribution in [-0.2, 0) is 10.2 Å². The molecule has 1 amide bonds. The van der Waals surface area contributed by atoms with Gasteiger partial charge in [-0.1, -0.05) is 75.0 Å². The number of aliphatic hydroxyl groups excluding tert-OH is 2. The van der Waals surface area contributed by atoms with Gasteiger partial charge in [0.2, 0.25) is 5.91 Å². The van der Waals surface area contributed by atoms with E-state index in [9.17, 15) is 15.2 Å². The Morgan fingerprint density at radius 1 is 1.26 bits per heavy atom. The lowest BCUT2D eigenvalue weighted by Gasteiger charge is -2.39. The zero-order chi connectivity index (χ0) is 29.0. The number of nitrogens with zero attached hydrogens (tertiary/aromatic N) is 1. The van der Waals surface area contributed by atoms with Crippen molar-refractivity contribution < 1.29 is 23.8 Å². The highest BCUT2D eigenvalue weighted by Crippen LogP contribution is 2.53. The number of aliphatic hydroxyl groups is 2. The zero-order valence-electron chi connectivity index (χ0n) is 22.3. The molecule has 1 aliphatic heterocycles. The number of rotatable bonds is 11. The first-order valence-electron chi connectivity index (χ1n) is 13.1. The van der Waals surface area contributed by atoms with Crippen molar-refractivity contribution in [1.29, 1.82) is 5.26 Å². The molecule has 0 aliphatic carbocycles. The van der Waals surface area contributed by atoms with Gasteiger partial charge in [0.05, 0.1) is 29.8 Å². The lowest BCUT2D eigenvalue weighted by Crippen LogP contribution is -2.46. The van der Waals surface area contributed by atoms with Gasteiger partial charge in [-0.25, -0.2) is 8.78 Å². The molecule has 0 radical (unpaired) electrons. The minimum absolute atomic E-state index is 0.0110. The summed E-state index contributed by atoms with van der Waals surface area (Å²) in [5, 5.41) is 35.7. The molecule has 6 nitrogen and oxygen atoms in total. The molecule has 4 unspecified atom stereocenters. The maximum absolute atomic E-state index is 15.7. The van der Waals surface area contributed by atoms with Crippen LogP contribution >= 0.6 is 23.2 Å². The normalized spacial score (nSPS) is 23.8. The van der Waals surface area contributed by atoms with Crippen molar-refractivity contribution in [2.24, 2.45) is 5.41 Å². The van der Waals surface area contributed by atoms with E-state index in [4.69, 9.17) is 28.3 Å². The number of carbonyl (C=O) groups is 1. The van der Waals surface area contributed by atoms with Crippen LogP contribution in [-0.4, -0.2) is 47.5 Å². The molecule has 212 valence electrons. The van der Waals surface area contributed by atoms with Crippen LogP contribution < -0.4 is 10.6 Å². The fraction of sp³-hybridized carbons (Fsp3) is 0.517. The first kappa shape index (κ1) is 31.3. The minimum Gasteiger partial charge on any atom is -0.394 e. The fourth-order valence-electron chi connectivity index (χ4n) is 5.54. The molecule has 1 saturated heterocycles. The second-order valence-corrected chi connectivity index (χ2v) is 11.4. The predicted octanol–water partition coefficient (Wildman–Crippen LogP) is 5.23. The molecule has 1 aliphatic rings. The Morgan fingerprint density at radius 3 is 2.54 bits per heavy atom. The quantitative estimate of drug-likeness (QED) is 0.290. The summed E-state index contributed by atoms with van der Waals surface area (Å²) < 4.78 is 31.4. The molecule has 10 heteroatoms. The van der Waals surface area contributed by atoms with E-state index in [1.54, 1.807) is 0 Å². The van der Waals surface area contributed by atoms with Crippen LogP contribution in [0.25, 0.3) is 0 Å². The number of nitriles is 1. The van der Waals surface area contributed by atoms with Crippen LogP contribution in [0.1, 0.15) is 63.5 Å². The second kappa shape index (κ2) is 12.9. The van der Waals surface area contributed by atoms with Gasteiger partial charge in [-0.05, 0) is 42.0 Å². The Bertz CT molecular complexity index is 1220. The van der Waals surface area contributed by atoms with Gasteiger partial charge in [0.25, 0.3) is 0 Å². The largest absolute Gasteiger partial charge is 0.394 e. The summed E-state index contributed by atoms with van der Waals surface area (Å²) >= 11 is 12.2. The van der Waals surface area contributed by atoms with E-state index < -0.39 is 53.7 Å². The summed E-state index contributed by atoms with van der Waals surface area (Å²) in [5.41, 5.74) is -1.95. The lowest BCUT2D eigenvalue weighted by atomic mass is 9.62. The van der Waals surface area contributed by atoms with Crippen LogP contribution in [0.3, 0.4) is 0 Å². The van der Waals surface area contributed by atoms with E-state index in [1.807, 2.05) is 13.8 Å². The van der Waals surface area contributed by atoms with E-state index in [-0.39, 0.29) is 39.6 Å². The van der Waals surface area contributed by atoms with Crippen molar-refractivity contribution in [3.8, 4) is 6.07 Å². The third-order valence-corrected chi connectivity index (χ3v) is 8.83. The van der Waals surface area contributed by atoms with Gasteiger partial charge in [-0.2, -0.15) is 5.26 Å². The summed E-state index contributed by atoms with van der Waals surface area (Å²) in [6.07, 6.45) is 0.998. The van der Waals surface area contributed by atoms with Gasteiger partial charge in [-0.15, -0.1) is 0 Å². The number of amides is 1. The summed E-state index contributed by atoms with van der Waals surface area (Å²) in [6, 6.07) is 8.83. The maximum atomic E-state index is 15.7. The van der Waals surface area contributed by atoms with Gasteiger partial charge >= 0.3 is 0 Å². The number of benzene rings is 2. The van der Waals surface area contributed by atoms with Gasteiger partial charge in [-0.3, -0.25) is 4.79 Å². The van der Waals surface area contributed by atoms with Crippen LogP contribution in [0.5, 0.6) is 0 Å². The molecule has 1 heterocycles. The number of nitrogens with one attached hydrogen (secondary N) is 2. The highest BCUT2D eigenvalue weighted by molar-refractivity contribution is 6.31. The molecule has 2 aromatic rings. The van der Waals surface area contributed by atoms with Crippen LogP contribution in [0, 0.1) is 28.4 Å². The molecular formula is C29H35Cl2F2N3O3. The van der Waals surface area contributed by atoms with Crippen molar-refractivity contribution in [2.75, 3.05) is 13.2 Å². The average Bonchev–Trinajstić information content (AvgIpc) is 3.23. The Hall–Kier alpha value is -2.28. The summed E-state index contributed by atoms with van der Waals surface area (Å²) in [7, 11) is 0. The standard InChI is InChI=1S/C29H35Cl2F2N3O3/c1-4-28(3,5-2)14-23-29(16-34,20-10-9-17(30)13-22(20)32)24(19-7-6-8-21(31)25(19)33)26(36-23)27(39)35-12-11-18(38)15-37/h6-10,13,18,23-24,26,36-38H,4-5,11-12,14-15H2,1-3H3,(H,35,39)/t18-,23?,24?,26?,29?/m0/s1. The molecular weight excluding hydrogens is 547 g/mol. The lowest BCUT2D eigenvalue weighted by molar-refractivity contribution is -0.123. The smallest absolute Gasteiger partial charge is 0.237 e. The third-order valence-electron chi connectivity index (χ3n) is 8.31. The monoisotopic (exact) mass is 581 g/mol. The minimum atomic E-state index is -1.71. The van der Waals surface area contributed by atoms with Crippen molar-refractivity contribution in [1.82, 2.24) is 10.6 Å². The first-order valence-corrected chi connectivity index (χ1v) is 13.9. The number of hydrogen-bond donors (Lipinski definition) is 4. The molecule has 39 heavy (non-hydrogen) atoms. The summed E-state index contributed by atoms with van der Waals surface area (Å²) in [6.45, 7) is 5.69. The Morgan fingerprint density at radius 2 is 1.95 bits per heavy atom. The molecule has 2 aromatic carbocycles. The average molecular weight is 583 g/mol. The van der Waals surface area contributed by atoms with Gasteiger partial charge in [0, 0.05) is 29.1 Å². The first-order chi connectivity index (χ1) is 18.5. The third kappa shape index (κ3) is 6.23. The second-order valence-electron chi connectivity index (χ2n) is 10.6. The van der Waals surface area contributed by atoms with E-state index in [1.165, 1.54) is 30.3 Å². The molecule has 1 fully saturated rings. The highest BCUT2D eigenvalue weighted by atomic mass is 35.5. The van der Waals surface area contributed by atoms with Crippen LogP contribution in [0.4, 0.5) is 8.78 Å². The number of carbonyl (C=O) groups excluding carboxylic acids is 1. The van der Waals surface area contributed by atoms with Gasteiger partial charge in [0.1, 0.15) is 17.0 Å². The van der Waals surface area contributed by atoms with Gasteiger partial charge < -0.3 is 20.8 Å². The molecule has 4 N–H and O–H groups in total. The zero-order valence-corrected chi connectivity index (χ0v) is 23.8. The van der Waals surface area contributed by atoms with Crippen LogP contribution in [0.2, 0.25) is 10.0 Å². The van der Waals surface area contributed by atoms with Gasteiger partial charge in [0.15, 0.2) is 0 Å². The van der Waals surface area contributed by atoms with Crippen molar-refractivity contribution in [3.63, 3.8) is 0 Å². The summed E-state index contributed by atoms with van der Waals surface area (Å²) in [4.78, 5) is 13.6. The molecule has 5 atom stereocenters. The van der Waals surface area contributed by atoms with E-state index in [0.717, 1.165) is 18.9 Å². The predicted molar refractivity (Wildman–Crippen MR) is 148 cm³/mol. The van der Waals surface area contributed by atoms with Crippen molar-refractivity contribution in [3.05, 3.63) is 69.2 Å². The molecule has 0 aromatic heterocycles. The molecule has 0 bridgehead atoms. The van der Waals surface area contributed by atoms with Crippen molar-refractivity contribution >= 4 is 29.1 Å². The SMILES string of the molecule is CCC(C)(CC)CC1NC(C(=O)NCC[C@H](O)CO)C(c2cccc(Cl)c2F)C1(C#N)c1ccc(Cl)cc1F. The van der Waals surface area contributed by atoms with E-state index >= 15 is 8.78 Å². The highest BCUT2D eigenvalue weighted by Gasteiger charge is 2.61. The van der Waals surface area contributed by atoms with E-state index in [0.29, 0.717) is 6.42 Å². The van der Waals surface area contributed by atoms with E-state index in [2.05, 4.69) is 23.6 Å². The number of halogens is 4. The Kier molecular flexibility index (Phi) is 10.4. The Balaban J connectivity index is 2.26. The Labute approximate surface area is 238 Å². The van der Waals surface area contributed by atoms with Crippen molar-refractivity contribution in [2.45, 2.75) is 76.0 Å². The maximum Gasteiger partial charge on any atom is 0.237 e. The number of hydrogen-bond acceptors (Lipinski definition) is 5. The molecule has 0 saturated carbocycles. The van der Waals surface area contributed by atoms with Crippen LogP contribution in [0.15, 0.2) is 36.4 Å².